The van der Waals surface area contributed by atoms with Crippen molar-refractivity contribution in [2.75, 3.05) is 0 Å². The summed E-state index contributed by atoms with van der Waals surface area (Å²) in [7, 11) is 0. The Bertz CT molecular complexity index is 500. The highest BCUT2D eigenvalue weighted by atomic mass is 19.4. The van der Waals surface area contributed by atoms with Crippen LogP contribution in [0, 0.1) is 6.92 Å². The van der Waals surface area contributed by atoms with Gasteiger partial charge in [0.25, 0.3) is 0 Å². The van der Waals surface area contributed by atoms with E-state index in [-0.39, 0.29) is 0 Å². The topological polar surface area (TPSA) is 17.8 Å². The number of rotatable bonds is 1. The molecule has 0 bridgehead atoms. The van der Waals surface area contributed by atoms with E-state index in [2.05, 4.69) is 5.10 Å². The molecule has 2 rings (SSSR count). The Morgan fingerprint density at radius 3 is 2.50 bits per heavy atom. The van der Waals surface area contributed by atoms with Gasteiger partial charge in [0.15, 0.2) is 5.69 Å². The molecule has 0 atom stereocenters. The molecule has 2 aromatic rings. The van der Waals surface area contributed by atoms with Crippen molar-refractivity contribution in [1.82, 2.24) is 9.78 Å². The molecule has 0 aliphatic heterocycles. The third-order valence-electron chi connectivity index (χ3n) is 2.15. The molecular formula is C11H9F3N2. The number of nitrogens with zero attached hydrogens (tertiary/aromatic N) is 2. The molecule has 5 heteroatoms. The number of aryl methyl sites for hydroxylation is 1. The van der Waals surface area contributed by atoms with Gasteiger partial charge in [-0.2, -0.15) is 18.3 Å². The molecule has 84 valence electrons. The van der Waals surface area contributed by atoms with Crippen LogP contribution < -0.4 is 0 Å². The minimum absolute atomic E-state index is 0.621. The van der Waals surface area contributed by atoms with Gasteiger partial charge in [0.05, 0.1) is 5.69 Å². The van der Waals surface area contributed by atoms with Crippen LogP contribution in [-0.4, -0.2) is 9.78 Å². The van der Waals surface area contributed by atoms with E-state index in [9.17, 15) is 13.2 Å². The molecule has 1 aromatic carbocycles. The first-order chi connectivity index (χ1) is 7.47. The van der Waals surface area contributed by atoms with Gasteiger partial charge in [-0.1, -0.05) is 12.1 Å². The standard InChI is InChI=1S/C11H9F3N2/c1-8-3-2-4-9(7-8)16-6-5-10(15-16)11(12,13)14/h2-7H,1H3. The van der Waals surface area contributed by atoms with E-state index in [0.29, 0.717) is 5.69 Å². The molecule has 0 aliphatic carbocycles. The zero-order valence-corrected chi connectivity index (χ0v) is 8.49. The summed E-state index contributed by atoms with van der Waals surface area (Å²) in [5, 5.41) is 3.48. The summed E-state index contributed by atoms with van der Waals surface area (Å²) in [6.07, 6.45) is -3.09. The van der Waals surface area contributed by atoms with Crippen molar-refractivity contribution in [3.63, 3.8) is 0 Å². The lowest BCUT2D eigenvalue weighted by molar-refractivity contribution is -0.141. The summed E-state index contributed by atoms with van der Waals surface area (Å²) in [5.74, 6) is 0. The first-order valence-corrected chi connectivity index (χ1v) is 4.67. The number of hydrogen-bond donors (Lipinski definition) is 0. The van der Waals surface area contributed by atoms with Crippen molar-refractivity contribution >= 4 is 0 Å². The molecular weight excluding hydrogens is 217 g/mol. The number of aromatic nitrogens is 2. The zero-order chi connectivity index (χ0) is 11.8. The van der Waals surface area contributed by atoms with E-state index in [1.807, 2.05) is 13.0 Å². The van der Waals surface area contributed by atoms with Crippen molar-refractivity contribution in [2.24, 2.45) is 0 Å². The van der Waals surface area contributed by atoms with E-state index >= 15 is 0 Å². The second kappa shape index (κ2) is 3.66. The van der Waals surface area contributed by atoms with Crippen molar-refractivity contribution in [3.8, 4) is 5.69 Å². The van der Waals surface area contributed by atoms with Crippen LogP contribution in [-0.2, 0) is 6.18 Å². The SMILES string of the molecule is Cc1cccc(-n2ccc(C(F)(F)F)n2)c1. The Balaban J connectivity index is 2.39. The molecule has 2 nitrogen and oxygen atoms in total. The number of halogens is 3. The fourth-order valence-corrected chi connectivity index (χ4v) is 1.39. The molecule has 0 amide bonds. The molecule has 1 heterocycles. The highest BCUT2D eigenvalue weighted by Crippen LogP contribution is 2.27. The van der Waals surface area contributed by atoms with Gasteiger partial charge in [-0.25, -0.2) is 4.68 Å². The normalized spacial score (nSPS) is 11.8. The fraction of sp³-hybridized carbons (Fsp3) is 0.182. The van der Waals surface area contributed by atoms with Gasteiger partial charge in [0, 0.05) is 6.20 Å². The Labute approximate surface area is 90.3 Å². The molecule has 0 aliphatic rings. The Hall–Kier alpha value is -1.78. The number of alkyl halides is 3. The van der Waals surface area contributed by atoms with Crippen LogP contribution in [0.4, 0.5) is 13.2 Å². The minimum atomic E-state index is -4.39. The minimum Gasteiger partial charge on any atom is -0.240 e. The van der Waals surface area contributed by atoms with Crippen LogP contribution in [0.3, 0.4) is 0 Å². The smallest absolute Gasteiger partial charge is 0.240 e. The fourth-order valence-electron chi connectivity index (χ4n) is 1.39. The van der Waals surface area contributed by atoms with Crippen molar-refractivity contribution in [2.45, 2.75) is 13.1 Å². The van der Waals surface area contributed by atoms with Gasteiger partial charge in [-0.05, 0) is 30.7 Å². The van der Waals surface area contributed by atoms with Gasteiger partial charge in [-0.3, -0.25) is 0 Å². The van der Waals surface area contributed by atoms with Crippen molar-refractivity contribution < 1.29 is 13.2 Å². The molecule has 1 aromatic heterocycles. The maximum absolute atomic E-state index is 12.3. The molecule has 16 heavy (non-hydrogen) atoms. The molecule has 0 saturated heterocycles. The summed E-state index contributed by atoms with van der Waals surface area (Å²) in [4.78, 5) is 0. The first kappa shape index (κ1) is 10.7. The van der Waals surface area contributed by atoms with Crippen LogP contribution >= 0.6 is 0 Å². The van der Waals surface area contributed by atoms with Gasteiger partial charge < -0.3 is 0 Å². The van der Waals surface area contributed by atoms with Crippen molar-refractivity contribution in [1.29, 1.82) is 0 Å². The predicted octanol–water partition coefficient (Wildman–Crippen LogP) is 3.20. The number of benzene rings is 1. The Kier molecular flexibility index (Phi) is 2.46. The molecule has 0 radical (unpaired) electrons. The monoisotopic (exact) mass is 226 g/mol. The van der Waals surface area contributed by atoms with Crippen LogP contribution in [0.2, 0.25) is 0 Å². The van der Waals surface area contributed by atoms with Gasteiger partial charge >= 0.3 is 6.18 Å². The van der Waals surface area contributed by atoms with Crippen LogP contribution in [0.5, 0.6) is 0 Å². The van der Waals surface area contributed by atoms with Crippen molar-refractivity contribution in [3.05, 3.63) is 47.8 Å². The lowest BCUT2D eigenvalue weighted by Gasteiger charge is -2.03. The summed E-state index contributed by atoms with van der Waals surface area (Å²) >= 11 is 0. The molecule has 0 N–H and O–H groups in total. The summed E-state index contributed by atoms with van der Waals surface area (Å²) in [5.41, 5.74) is 0.714. The van der Waals surface area contributed by atoms with Gasteiger partial charge in [0.1, 0.15) is 0 Å². The lowest BCUT2D eigenvalue weighted by Crippen LogP contribution is -2.07. The maximum atomic E-state index is 12.3. The van der Waals surface area contributed by atoms with E-state index in [1.54, 1.807) is 18.2 Å². The number of hydrogen-bond acceptors (Lipinski definition) is 1. The predicted molar refractivity (Wildman–Crippen MR) is 53.3 cm³/mol. The zero-order valence-electron chi connectivity index (χ0n) is 8.49. The van der Waals surface area contributed by atoms with E-state index < -0.39 is 11.9 Å². The summed E-state index contributed by atoms with van der Waals surface area (Å²) < 4.78 is 38.2. The third-order valence-corrected chi connectivity index (χ3v) is 2.15. The van der Waals surface area contributed by atoms with Crippen LogP contribution in [0.1, 0.15) is 11.3 Å². The molecule has 0 unspecified atom stereocenters. The second-order valence-electron chi connectivity index (χ2n) is 3.48. The molecule has 0 spiro atoms. The Morgan fingerprint density at radius 2 is 1.94 bits per heavy atom. The van der Waals surface area contributed by atoms with E-state index in [4.69, 9.17) is 0 Å². The largest absolute Gasteiger partial charge is 0.435 e. The maximum Gasteiger partial charge on any atom is 0.435 e. The molecule has 0 saturated carbocycles. The highest BCUT2D eigenvalue weighted by Gasteiger charge is 2.33. The summed E-state index contributed by atoms with van der Waals surface area (Å²) in [6, 6.07) is 8.09. The second-order valence-corrected chi connectivity index (χ2v) is 3.48. The average molecular weight is 226 g/mol. The van der Waals surface area contributed by atoms with E-state index in [0.717, 1.165) is 11.6 Å². The molecule has 0 fully saturated rings. The van der Waals surface area contributed by atoms with Crippen LogP contribution in [0.15, 0.2) is 36.5 Å². The van der Waals surface area contributed by atoms with E-state index in [1.165, 1.54) is 10.9 Å². The quantitative estimate of drug-likeness (QED) is 0.730. The van der Waals surface area contributed by atoms with Gasteiger partial charge in [0.2, 0.25) is 0 Å². The van der Waals surface area contributed by atoms with Crippen LogP contribution in [0.25, 0.3) is 5.69 Å². The lowest BCUT2D eigenvalue weighted by atomic mass is 10.2. The first-order valence-electron chi connectivity index (χ1n) is 4.67. The van der Waals surface area contributed by atoms with Gasteiger partial charge in [-0.15, -0.1) is 0 Å². The highest BCUT2D eigenvalue weighted by molar-refractivity contribution is 5.34. The Morgan fingerprint density at radius 1 is 1.19 bits per heavy atom. The summed E-state index contributed by atoms with van der Waals surface area (Å²) in [6.45, 7) is 1.87. The average Bonchev–Trinajstić information content (AvgIpc) is 2.65. The third kappa shape index (κ3) is 2.08.